The van der Waals surface area contributed by atoms with Crippen LogP contribution < -0.4 is 4.72 Å². The standard InChI is InChI=1S/C10H14ClN5O2S/c1-7(2)16-8(4-5-13-16)14-19(17,18)10-9(11)15(3)6-12-10/h4-7,14H,1-3H3. The van der Waals surface area contributed by atoms with Gasteiger partial charge in [-0.05, 0) is 13.8 Å². The third-order valence-electron chi connectivity index (χ3n) is 2.49. The van der Waals surface area contributed by atoms with E-state index in [9.17, 15) is 8.42 Å². The second-order valence-electron chi connectivity index (χ2n) is 4.31. The highest BCUT2D eigenvalue weighted by Gasteiger charge is 2.24. The van der Waals surface area contributed by atoms with Crippen molar-refractivity contribution < 1.29 is 8.42 Å². The SMILES string of the molecule is CC(C)n1nccc1NS(=O)(=O)c1ncn(C)c1Cl. The highest BCUT2D eigenvalue weighted by Crippen LogP contribution is 2.22. The fourth-order valence-corrected chi connectivity index (χ4v) is 3.05. The van der Waals surface area contributed by atoms with Crippen LogP contribution in [0, 0.1) is 0 Å². The van der Waals surface area contributed by atoms with Crippen molar-refractivity contribution in [1.82, 2.24) is 19.3 Å². The van der Waals surface area contributed by atoms with Crippen molar-refractivity contribution in [3.63, 3.8) is 0 Å². The van der Waals surface area contributed by atoms with Crippen LogP contribution in [0.5, 0.6) is 0 Å². The Kier molecular flexibility index (Phi) is 3.55. The molecule has 0 spiro atoms. The first-order chi connectivity index (χ1) is 8.83. The van der Waals surface area contributed by atoms with Crippen LogP contribution in [0.25, 0.3) is 0 Å². The van der Waals surface area contributed by atoms with Gasteiger partial charge in [0.05, 0.1) is 12.5 Å². The highest BCUT2D eigenvalue weighted by molar-refractivity contribution is 7.92. The molecular weight excluding hydrogens is 290 g/mol. The summed E-state index contributed by atoms with van der Waals surface area (Å²) in [5, 5.41) is 3.91. The Bertz CT molecular complexity index is 689. The molecule has 0 bridgehead atoms. The van der Waals surface area contributed by atoms with Crippen LogP contribution in [0.2, 0.25) is 5.15 Å². The molecule has 0 fully saturated rings. The van der Waals surface area contributed by atoms with Gasteiger partial charge in [-0.1, -0.05) is 11.6 Å². The fraction of sp³-hybridized carbons (Fsp3) is 0.400. The minimum atomic E-state index is -3.82. The quantitative estimate of drug-likeness (QED) is 0.931. The lowest BCUT2D eigenvalue weighted by Gasteiger charge is -2.12. The minimum Gasteiger partial charge on any atom is -0.324 e. The van der Waals surface area contributed by atoms with E-state index in [0.717, 1.165) is 0 Å². The maximum Gasteiger partial charge on any atom is 0.283 e. The molecule has 0 aliphatic heterocycles. The summed E-state index contributed by atoms with van der Waals surface area (Å²) in [7, 11) is -2.21. The molecule has 0 aliphatic carbocycles. The van der Waals surface area contributed by atoms with Gasteiger partial charge in [0.25, 0.3) is 10.0 Å². The number of aryl methyl sites for hydroxylation is 1. The number of sulfonamides is 1. The van der Waals surface area contributed by atoms with Crippen molar-refractivity contribution >= 4 is 27.4 Å². The van der Waals surface area contributed by atoms with Gasteiger partial charge in [-0.25, -0.2) is 9.67 Å². The number of nitrogens with one attached hydrogen (secondary N) is 1. The number of aromatic nitrogens is 4. The molecule has 0 saturated heterocycles. The van der Waals surface area contributed by atoms with Crippen LogP contribution in [-0.2, 0) is 17.1 Å². The monoisotopic (exact) mass is 303 g/mol. The van der Waals surface area contributed by atoms with E-state index in [0.29, 0.717) is 5.82 Å². The molecule has 0 radical (unpaired) electrons. The summed E-state index contributed by atoms with van der Waals surface area (Å²) in [6, 6.07) is 1.61. The number of anilines is 1. The maximum atomic E-state index is 12.2. The molecule has 1 N–H and O–H groups in total. The molecule has 2 heterocycles. The lowest BCUT2D eigenvalue weighted by atomic mass is 10.4. The second kappa shape index (κ2) is 4.86. The fourth-order valence-electron chi connectivity index (χ4n) is 1.57. The molecule has 2 aromatic rings. The van der Waals surface area contributed by atoms with Gasteiger partial charge in [0.15, 0.2) is 0 Å². The van der Waals surface area contributed by atoms with Crippen molar-refractivity contribution in [2.45, 2.75) is 24.9 Å². The Morgan fingerprint density at radius 1 is 1.42 bits per heavy atom. The molecular formula is C10H14ClN5O2S. The van der Waals surface area contributed by atoms with Gasteiger partial charge >= 0.3 is 0 Å². The number of rotatable bonds is 4. The molecule has 19 heavy (non-hydrogen) atoms. The van der Waals surface area contributed by atoms with E-state index in [-0.39, 0.29) is 16.2 Å². The van der Waals surface area contributed by atoms with E-state index in [1.165, 1.54) is 17.1 Å². The third kappa shape index (κ3) is 2.59. The topological polar surface area (TPSA) is 81.8 Å². The number of imidazole rings is 1. The zero-order valence-electron chi connectivity index (χ0n) is 10.7. The van der Waals surface area contributed by atoms with Crippen LogP contribution in [0.1, 0.15) is 19.9 Å². The van der Waals surface area contributed by atoms with Crippen LogP contribution in [0.15, 0.2) is 23.6 Å². The predicted molar refractivity (Wildman–Crippen MR) is 71.6 cm³/mol. The lowest BCUT2D eigenvalue weighted by Crippen LogP contribution is -2.18. The average Bonchev–Trinajstić information content (AvgIpc) is 2.87. The van der Waals surface area contributed by atoms with Crippen LogP contribution in [0.3, 0.4) is 0 Å². The normalized spacial score (nSPS) is 12.1. The summed E-state index contributed by atoms with van der Waals surface area (Å²) in [6.45, 7) is 3.80. The molecule has 2 rings (SSSR count). The van der Waals surface area contributed by atoms with E-state index in [4.69, 9.17) is 11.6 Å². The van der Waals surface area contributed by atoms with Crippen molar-refractivity contribution in [3.8, 4) is 0 Å². The van der Waals surface area contributed by atoms with Crippen molar-refractivity contribution in [3.05, 3.63) is 23.7 Å². The van der Waals surface area contributed by atoms with Gasteiger partial charge in [-0.15, -0.1) is 0 Å². The Balaban J connectivity index is 2.37. The van der Waals surface area contributed by atoms with Gasteiger partial charge in [-0.3, -0.25) is 4.72 Å². The van der Waals surface area contributed by atoms with E-state index >= 15 is 0 Å². The molecule has 9 heteroatoms. The average molecular weight is 304 g/mol. The second-order valence-corrected chi connectivity index (χ2v) is 6.27. The highest BCUT2D eigenvalue weighted by atomic mass is 35.5. The van der Waals surface area contributed by atoms with E-state index in [1.807, 2.05) is 13.8 Å². The van der Waals surface area contributed by atoms with Crippen LogP contribution >= 0.6 is 11.6 Å². The largest absolute Gasteiger partial charge is 0.324 e. The van der Waals surface area contributed by atoms with Gasteiger partial charge in [0.1, 0.15) is 11.0 Å². The van der Waals surface area contributed by atoms with E-state index < -0.39 is 10.0 Å². The number of halogens is 1. The summed E-state index contributed by atoms with van der Waals surface area (Å²) in [6.07, 6.45) is 2.87. The summed E-state index contributed by atoms with van der Waals surface area (Å²) in [5.41, 5.74) is 0. The minimum absolute atomic E-state index is 0.0342. The first kappa shape index (κ1) is 13.9. The molecule has 0 unspecified atom stereocenters. The molecule has 0 aromatic carbocycles. The summed E-state index contributed by atoms with van der Waals surface area (Å²) < 4.78 is 29.8. The van der Waals surface area contributed by atoms with Gasteiger partial charge < -0.3 is 4.57 Å². The first-order valence-corrected chi connectivity index (χ1v) is 7.42. The Morgan fingerprint density at radius 3 is 2.63 bits per heavy atom. The van der Waals surface area contributed by atoms with Crippen LogP contribution in [-0.4, -0.2) is 27.7 Å². The Morgan fingerprint density at radius 2 is 2.11 bits per heavy atom. The number of nitrogens with zero attached hydrogens (tertiary/aromatic N) is 4. The maximum absolute atomic E-state index is 12.2. The number of hydrogen-bond acceptors (Lipinski definition) is 4. The summed E-state index contributed by atoms with van der Waals surface area (Å²) in [4.78, 5) is 3.79. The summed E-state index contributed by atoms with van der Waals surface area (Å²) >= 11 is 5.89. The first-order valence-electron chi connectivity index (χ1n) is 5.56. The number of hydrogen-bond donors (Lipinski definition) is 1. The van der Waals surface area contributed by atoms with Crippen molar-refractivity contribution in [2.75, 3.05) is 4.72 Å². The lowest BCUT2D eigenvalue weighted by molar-refractivity contribution is 0.539. The molecule has 0 atom stereocenters. The van der Waals surface area contributed by atoms with Crippen molar-refractivity contribution in [1.29, 1.82) is 0 Å². The van der Waals surface area contributed by atoms with Gasteiger partial charge in [0.2, 0.25) is 5.03 Å². The third-order valence-corrected chi connectivity index (χ3v) is 4.33. The van der Waals surface area contributed by atoms with E-state index in [1.54, 1.807) is 17.8 Å². The smallest absolute Gasteiger partial charge is 0.283 e. The Labute approximate surface area is 116 Å². The zero-order valence-corrected chi connectivity index (χ0v) is 12.3. The van der Waals surface area contributed by atoms with Gasteiger partial charge in [-0.2, -0.15) is 13.5 Å². The molecule has 0 amide bonds. The van der Waals surface area contributed by atoms with Crippen LogP contribution in [0.4, 0.5) is 5.82 Å². The molecule has 7 nitrogen and oxygen atoms in total. The molecule has 0 saturated carbocycles. The zero-order chi connectivity index (χ0) is 14.2. The molecule has 0 aliphatic rings. The molecule has 2 aromatic heterocycles. The molecule has 104 valence electrons. The van der Waals surface area contributed by atoms with Gasteiger partial charge in [0, 0.05) is 19.2 Å². The summed E-state index contributed by atoms with van der Waals surface area (Å²) in [5.74, 6) is 0.372. The predicted octanol–water partition coefficient (Wildman–Crippen LogP) is 1.65. The van der Waals surface area contributed by atoms with E-state index in [2.05, 4.69) is 14.8 Å². The Hall–Kier alpha value is -1.54. The van der Waals surface area contributed by atoms with Crippen molar-refractivity contribution in [2.24, 2.45) is 7.05 Å².